The third-order valence-corrected chi connectivity index (χ3v) is 6.10. The van der Waals surface area contributed by atoms with Crippen LogP contribution >= 0.6 is 27.7 Å². The van der Waals surface area contributed by atoms with Gasteiger partial charge in [-0.3, -0.25) is 14.2 Å². The molecule has 152 valence electrons. The van der Waals surface area contributed by atoms with Crippen LogP contribution in [0.5, 0.6) is 0 Å². The Balaban J connectivity index is 1.90. The number of hydrogen-bond acceptors (Lipinski definition) is 5. The van der Waals surface area contributed by atoms with Crippen molar-refractivity contribution in [1.82, 2.24) is 9.55 Å². The van der Waals surface area contributed by atoms with Gasteiger partial charge in [-0.1, -0.05) is 52.0 Å². The second-order valence-electron chi connectivity index (χ2n) is 6.55. The first-order valence-electron chi connectivity index (χ1n) is 9.55. The van der Waals surface area contributed by atoms with E-state index in [-0.39, 0.29) is 16.6 Å². The van der Waals surface area contributed by atoms with Gasteiger partial charge >= 0.3 is 0 Å². The summed E-state index contributed by atoms with van der Waals surface area (Å²) < 4.78 is 8.00. The van der Waals surface area contributed by atoms with E-state index >= 15 is 0 Å². The number of carbonyl (C=O) groups is 1. The quantitative estimate of drug-likeness (QED) is 0.190. The molecule has 0 fully saturated rings. The summed E-state index contributed by atoms with van der Waals surface area (Å²) in [5.74, 6) is 0.00535. The minimum absolute atomic E-state index is 0.00535. The maximum absolute atomic E-state index is 13.1. The third kappa shape index (κ3) is 5.35. The van der Waals surface area contributed by atoms with E-state index in [1.54, 1.807) is 22.8 Å². The summed E-state index contributed by atoms with van der Waals surface area (Å²) in [6.45, 7) is 5.51. The van der Waals surface area contributed by atoms with E-state index in [0.717, 1.165) is 4.47 Å². The van der Waals surface area contributed by atoms with Crippen LogP contribution in [0.25, 0.3) is 10.9 Å². The zero-order valence-corrected chi connectivity index (χ0v) is 18.8. The third-order valence-electron chi connectivity index (χ3n) is 4.48. The molecule has 29 heavy (non-hydrogen) atoms. The number of nitrogens with zero attached hydrogens (tertiary/aromatic N) is 2. The number of aromatic nitrogens is 2. The molecule has 0 N–H and O–H groups in total. The largest absolute Gasteiger partial charge is 0.382 e. The highest BCUT2D eigenvalue weighted by Gasteiger charge is 2.20. The van der Waals surface area contributed by atoms with Crippen LogP contribution in [-0.4, -0.2) is 33.8 Å². The predicted octanol–water partition coefficient (Wildman–Crippen LogP) is 4.95. The number of thioether (sulfide) groups is 1. The van der Waals surface area contributed by atoms with Crippen molar-refractivity contribution in [3.8, 4) is 0 Å². The average molecular weight is 475 g/mol. The Morgan fingerprint density at radius 1 is 1.21 bits per heavy atom. The smallest absolute Gasteiger partial charge is 0.262 e. The van der Waals surface area contributed by atoms with E-state index in [2.05, 4.69) is 15.9 Å². The first-order valence-corrected chi connectivity index (χ1v) is 11.2. The zero-order valence-electron chi connectivity index (χ0n) is 16.4. The predicted molar refractivity (Wildman–Crippen MR) is 121 cm³/mol. The minimum atomic E-state index is -0.373. The number of Topliss-reactive ketones (excluding diaryl/α,β-unsaturated/α-hetero) is 1. The normalized spacial score (nSPS) is 12.2. The highest BCUT2D eigenvalue weighted by Crippen LogP contribution is 2.25. The molecule has 0 aliphatic carbocycles. The first-order chi connectivity index (χ1) is 14.0. The van der Waals surface area contributed by atoms with Crippen molar-refractivity contribution in [3.63, 3.8) is 0 Å². The Bertz CT molecular complexity index is 1050. The maximum atomic E-state index is 13.1. The molecule has 0 saturated heterocycles. The van der Waals surface area contributed by atoms with Crippen LogP contribution in [0.1, 0.15) is 30.6 Å². The Hall–Kier alpha value is -1.96. The molecule has 7 heteroatoms. The lowest BCUT2D eigenvalue weighted by Crippen LogP contribution is -2.25. The van der Waals surface area contributed by atoms with Gasteiger partial charge in [-0.05, 0) is 44.5 Å². The fourth-order valence-electron chi connectivity index (χ4n) is 2.96. The van der Waals surface area contributed by atoms with Crippen molar-refractivity contribution in [2.45, 2.75) is 37.2 Å². The summed E-state index contributed by atoms with van der Waals surface area (Å²) in [6.07, 6.45) is 0.705. The number of hydrogen-bond donors (Lipinski definition) is 0. The van der Waals surface area contributed by atoms with E-state index in [0.29, 0.717) is 47.8 Å². The van der Waals surface area contributed by atoms with Gasteiger partial charge in [0.15, 0.2) is 10.9 Å². The van der Waals surface area contributed by atoms with Gasteiger partial charge in [-0.2, -0.15) is 0 Å². The van der Waals surface area contributed by atoms with Crippen molar-refractivity contribution >= 4 is 44.4 Å². The van der Waals surface area contributed by atoms with Crippen molar-refractivity contribution < 1.29 is 9.53 Å². The molecule has 0 radical (unpaired) electrons. The van der Waals surface area contributed by atoms with Crippen molar-refractivity contribution in [3.05, 3.63) is 68.9 Å². The number of benzene rings is 2. The number of para-hydroxylation sites is 1. The number of rotatable bonds is 9. The summed E-state index contributed by atoms with van der Waals surface area (Å²) >= 11 is 4.71. The Kier molecular flexibility index (Phi) is 7.64. The van der Waals surface area contributed by atoms with Crippen LogP contribution < -0.4 is 5.56 Å². The lowest BCUT2D eigenvalue weighted by molar-refractivity contribution is 0.0993. The molecule has 0 bridgehead atoms. The Morgan fingerprint density at radius 2 is 1.93 bits per heavy atom. The van der Waals surface area contributed by atoms with Gasteiger partial charge < -0.3 is 4.74 Å². The monoisotopic (exact) mass is 474 g/mol. The van der Waals surface area contributed by atoms with E-state index < -0.39 is 0 Å². The van der Waals surface area contributed by atoms with Crippen molar-refractivity contribution in [2.75, 3.05) is 13.2 Å². The fourth-order valence-corrected chi connectivity index (χ4v) is 4.24. The molecule has 1 atom stereocenters. The molecular weight excluding hydrogens is 452 g/mol. The second-order valence-corrected chi connectivity index (χ2v) is 8.77. The van der Waals surface area contributed by atoms with Crippen LogP contribution in [0.3, 0.4) is 0 Å². The zero-order chi connectivity index (χ0) is 20.8. The molecule has 0 spiro atoms. The van der Waals surface area contributed by atoms with E-state index in [4.69, 9.17) is 9.72 Å². The van der Waals surface area contributed by atoms with Gasteiger partial charge in [0.1, 0.15) is 0 Å². The summed E-state index contributed by atoms with van der Waals surface area (Å²) in [7, 11) is 0. The minimum Gasteiger partial charge on any atom is -0.382 e. The lowest BCUT2D eigenvalue weighted by Gasteiger charge is -2.16. The number of halogens is 1. The van der Waals surface area contributed by atoms with Gasteiger partial charge in [0.25, 0.3) is 5.56 Å². The molecule has 0 aliphatic rings. The standard InChI is InChI=1S/C22H23BrN2O3S/c1-3-28-14-6-13-25-21(27)18-7-4-5-8-19(18)24-22(25)29-15(2)20(26)16-9-11-17(23)12-10-16/h4-5,7-12,15H,3,6,13-14H2,1-2H3. The Labute approximate surface area is 182 Å². The first kappa shape index (κ1) is 21.7. The van der Waals surface area contributed by atoms with Gasteiger partial charge in [-0.15, -0.1) is 0 Å². The molecule has 0 aliphatic heterocycles. The molecule has 3 rings (SSSR count). The topological polar surface area (TPSA) is 61.2 Å². The molecule has 3 aromatic rings. The van der Waals surface area contributed by atoms with Crippen molar-refractivity contribution in [1.29, 1.82) is 0 Å². The second kappa shape index (κ2) is 10.2. The van der Waals surface area contributed by atoms with Gasteiger partial charge in [-0.25, -0.2) is 4.98 Å². The number of fused-ring (bicyclic) bond motifs is 1. The van der Waals surface area contributed by atoms with E-state index in [9.17, 15) is 9.59 Å². The molecule has 1 aromatic heterocycles. The van der Waals surface area contributed by atoms with Crippen LogP contribution in [0, 0.1) is 0 Å². The van der Waals surface area contributed by atoms with Crippen LogP contribution in [0.4, 0.5) is 0 Å². The number of ketones is 1. The molecule has 5 nitrogen and oxygen atoms in total. The van der Waals surface area contributed by atoms with Gasteiger partial charge in [0.05, 0.1) is 16.2 Å². The van der Waals surface area contributed by atoms with Gasteiger partial charge in [0.2, 0.25) is 0 Å². The van der Waals surface area contributed by atoms with Crippen LogP contribution in [-0.2, 0) is 11.3 Å². The number of carbonyl (C=O) groups excluding carboxylic acids is 1. The van der Waals surface area contributed by atoms with Crippen LogP contribution in [0.15, 0.2) is 63.0 Å². The highest BCUT2D eigenvalue weighted by molar-refractivity contribution is 9.10. The molecule has 1 heterocycles. The van der Waals surface area contributed by atoms with Crippen molar-refractivity contribution in [2.24, 2.45) is 0 Å². The SMILES string of the molecule is CCOCCCn1c(SC(C)C(=O)c2ccc(Br)cc2)nc2ccccc2c1=O. The average Bonchev–Trinajstić information content (AvgIpc) is 2.73. The maximum Gasteiger partial charge on any atom is 0.262 e. The van der Waals surface area contributed by atoms with Crippen LogP contribution in [0.2, 0.25) is 0 Å². The Morgan fingerprint density at radius 3 is 2.66 bits per heavy atom. The van der Waals surface area contributed by atoms with E-state index in [1.807, 2.05) is 44.2 Å². The fraction of sp³-hybridized carbons (Fsp3) is 0.318. The highest BCUT2D eigenvalue weighted by atomic mass is 79.9. The van der Waals surface area contributed by atoms with Gasteiger partial charge in [0, 0.05) is 29.8 Å². The number of ether oxygens (including phenoxy) is 1. The summed E-state index contributed by atoms with van der Waals surface area (Å²) in [6, 6.07) is 14.6. The van der Waals surface area contributed by atoms with E-state index in [1.165, 1.54) is 11.8 Å². The summed E-state index contributed by atoms with van der Waals surface area (Å²) in [5, 5.41) is 0.769. The molecule has 0 amide bonds. The molecule has 0 saturated carbocycles. The lowest BCUT2D eigenvalue weighted by atomic mass is 10.1. The molecule has 1 unspecified atom stereocenters. The summed E-state index contributed by atoms with van der Waals surface area (Å²) in [5.41, 5.74) is 1.20. The summed E-state index contributed by atoms with van der Waals surface area (Å²) in [4.78, 5) is 30.6. The molecule has 2 aromatic carbocycles. The molecular formula is C22H23BrN2O3S.